The highest BCUT2D eigenvalue weighted by Gasteiger charge is 2.26. The maximum atomic E-state index is 11.2. The van der Waals surface area contributed by atoms with Gasteiger partial charge >= 0.3 is 0 Å². The Bertz CT molecular complexity index is 306. The van der Waals surface area contributed by atoms with Crippen LogP contribution in [0.1, 0.15) is 13.3 Å². The first-order valence-corrected chi connectivity index (χ1v) is 3.76. The van der Waals surface area contributed by atoms with Gasteiger partial charge in [-0.05, 0) is 6.92 Å². The minimum absolute atomic E-state index is 0.00102. The van der Waals surface area contributed by atoms with Gasteiger partial charge in [-0.15, -0.1) is 0 Å². The van der Waals surface area contributed by atoms with E-state index in [0.29, 0.717) is 11.1 Å². The summed E-state index contributed by atoms with van der Waals surface area (Å²) < 4.78 is 0. The Kier molecular flexibility index (Phi) is 2.38. The van der Waals surface area contributed by atoms with E-state index in [1.807, 2.05) is 6.92 Å². The van der Waals surface area contributed by atoms with E-state index in [0.717, 1.165) is 0 Å². The Hall–Kier alpha value is -1.44. The molecular weight excluding hydrogens is 152 g/mol. The first-order chi connectivity index (χ1) is 5.70. The van der Waals surface area contributed by atoms with Crippen molar-refractivity contribution in [3.05, 3.63) is 36.0 Å². The molecule has 0 atom stereocenters. The third kappa shape index (κ3) is 1.28. The van der Waals surface area contributed by atoms with Gasteiger partial charge < -0.3 is 0 Å². The molecule has 0 spiro atoms. The molecule has 0 aromatic rings. The molecule has 0 N–H and O–H groups in total. The van der Waals surface area contributed by atoms with Crippen LogP contribution >= 0.6 is 0 Å². The smallest absolute Gasteiger partial charge is 0.171 e. The molecule has 0 heterocycles. The molecule has 1 aliphatic carbocycles. The molecule has 2 nitrogen and oxygen atoms in total. The monoisotopic (exact) mass is 162 g/mol. The molecule has 1 rings (SSSR count). The van der Waals surface area contributed by atoms with Gasteiger partial charge in [0.15, 0.2) is 11.6 Å². The second kappa shape index (κ2) is 3.30. The molecule has 0 fully saturated rings. The largest absolute Gasteiger partial charge is 0.294 e. The quantitative estimate of drug-likeness (QED) is 0.578. The maximum absolute atomic E-state index is 11.2. The number of Topliss-reactive ketones (excluding diaryl/α,β-unsaturated/α-hetero) is 2. The van der Waals surface area contributed by atoms with Gasteiger partial charge in [-0.3, -0.25) is 9.59 Å². The first kappa shape index (κ1) is 8.65. The predicted octanol–water partition coefficient (Wildman–Crippen LogP) is 1.59. The number of carbonyl (C=O) groups excluding carboxylic acids is 2. The van der Waals surface area contributed by atoms with Crippen molar-refractivity contribution >= 4 is 11.6 Å². The molecule has 0 saturated heterocycles. The van der Waals surface area contributed by atoms with Gasteiger partial charge in [0.05, 0.1) is 6.42 Å². The SMILES string of the molecule is C=CC1=C(/C=C\C)C(=O)CC1=O. The average Bonchev–Trinajstić information content (AvgIpc) is 2.28. The number of hydrogen-bond acceptors (Lipinski definition) is 2. The topological polar surface area (TPSA) is 34.1 Å². The summed E-state index contributed by atoms with van der Waals surface area (Å²) in [5, 5.41) is 0. The first-order valence-electron chi connectivity index (χ1n) is 3.76. The van der Waals surface area contributed by atoms with Gasteiger partial charge in [-0.1, -0.05) is 24.8 Å². The summed E-state index contributed by atoms with van der Waals surface area (Å²) in [5.41, 5.74) is 0.954. The number of carbonyl (C=O) groups is 2. The van der Waals surface area contributed by atoms with E-state index in [1.165, 1.54) is 6.08 Å². The number of ketones is 2. The second-order valence-corrected chi connectivity index (χ2v) is 2.55. The van der Waals surface area contributed by atoms with Gasteiger partial charge in [0.1, 0.15) is 0 Å². The summed E-state index contributed by atoms with van der Waals surface area (Å²) in [6, 6.07) is 0. The fourth-order valence-electron chi connectivity index (χ4n) is 1.21. The molecule has 62 valence electrons. The zero-order valence-corrected chi connectivity index (χ0v) is 6.96. The van der Waals surface area contributed by atoms with E-state index in [1.54, 1.807) is 12.2 Å². The van der Waals surface area contributed by atoms with Crippen molar-refractivity contribution in [3.8, 4) is 0 Å². The van der Waals surface area contributed by atoms with E-state index in [-0.39, 0.29) is 18.0 Å². The number of allylic oxidation sites excluding steroid dienone is 5. The van der Waals surface area contributed by atoms with Gasteiger partial charge in [0.25, 0.3) is 0 Å². The molecule has 0 bridgehead atoms. The Morgan fingerprint density at radius 2 is 1.83 bits per heavy atom. The molecule has 0 aliphatic heterocycles. The molecule has 1 aliphatic rings. The minimum atomic E-state index is -0.122. The molecule has 0 amide bonds. The van der Waals surface area contributed by atoms with Crippen molar-refractivity contribution in [2.75, 3.05) is 0 Å². The lowest BCUT2D eigenvalue weighted by molar-refractivity contribution is -0.120. The lowest BCUT2D eigenvalue weighted by Gasteiger charge is -1.90. The molecule has 0 radical (unpaired) electrons. The van der Waals surface area contributed by atoms with Crippen molar-refractivity contribution in [1.82, 2.24) is 0 Å². The molecule has 0 saturated carbocycles. The van der Waals surface area contributed by atoms with Crippen LogP contribution in [0.25, 0.3) is 0 Å². The van der Waals surface area contributed by atoms with Crippen LogP contribution in [0.5, 0.6) is 0 Å². The van der Waals surface area contributed by atoms with Gasteiger partial charge in [0.2, 0.25) is 0 Å². The minimum Gasteiger partial charge on any atom is -0.294 e. The van der Waals surface area contributed by atoms with E-state index < -0.39 is 0 Å². The van der Waals surface area contributed by atoms with E-state index in [9.17, 15) is 9.59 Å². The Labute approximate surface area is 71.3 Å². The number of hydrogen-bond donors (Lipinski definition) is 0. The highest BCUT2D eigenvalue weighted by Crippen LogP contribution is 2.21. The summed E-state index contributed by atoms with van der Waals surface area (Å²) >= 11 is 0. The third-order valence-corrected chi connectivity index (χ3v) is 1.75. The van der Waals surface area contributed by atoms with Crippen molar-refractivity contribution in [2.24, 2.45) is 0 Å². The average molecular weight is 162 g/mol. The van der Waals surface area contributed by atoms with Crippen LogP contribution in [0.15, 0.2) is 36.0 Å². The van der Waals surface area contributed by atoms with Gasteiger partial charge in [0, 0.05) is 11.1 Å². The van der Waals surface area contributed by atoms with Gasteiger partial charge in [-0.2, -0.15) is 0 Å². The van der Waals surface area contributed by atoms with Crippen LogP contribution in [0.4, 0.5) is 0 Å². The van der Waals surface area contributed by atoms with Crippen molar-refractivity contribution in [1.29, 1.82) is 0 Å². The summed E-state index contributed by atoms with van der Waals surface area (Å²) in [6.45, 7) is 5.30. The molecule has 0 aromatic heterocycles. The fourth-order valence-corrected chi connectivity index (χ4v) is 1.21. The Morgan fingerprint density at radius 1 is 1.25 bits per heavy atom. The molecule has 12 heavy (non-hydrogen) atoms. The Balaban J connectivity index is 3.18. The predicted molar refractivity (Wildman–Crippen MR) is 46.7 cm³/mol. The van der Waals surface area contributed by atoms with Gasteiger partial charge in [-0.25, -0.2) is 0 Å². The third-order valence-electron chi connectivity index (χ3n) is 1.75. The van der Waals surface area contributed by atoms with E-state index in [2.05, 4.69) is 6.58 Å². The Morgan fingerprint density at radius 3 is 2.33 bits per heavy atom. The fraction of sp³-hybridized carbons (Fsp3) is 0.200. The lowest BCUT2D eigenvalue weighted by atomic mass is 10.1. The van der Waals surface area contributed by atoms with Crippen LogP contribution in [0.2, 0.25) is 0 Å². The number of rotatable bonds is 2. The summed E-state index contributed by atoms with van der Waals surface area (Å²) in [7, 11) is 0. The van der Waals surface area contributed by atoms with Crippen LogP contribution in [-0.4, -0.2) is 11.6 Å². The van der Waals surface area contributed by atoms with Crippen LogP contribution in [0, 0.1) is 0 Å². The van der Waals surface area contributed by atoms with E-state index >= 15 is 0 Å². The molecule has 0 aromatic carbocycles. The van der Waals surface area contributed by atoms with Crippen LogP contribution in [-0.2, 0) is 9.59 Å². The molecule has 2 heteroatoms. The van der Waals surface area contributed by atoms with Crippen molar-refractivity contribution in [2.45, 2.75) is 13.3 Å². The highest BCUT2D eigenvalue weighted by atomic mass is 16.2. The van der Waals surface area contributed by atoms with Crippen LogP contribution < -0.4 is 0 Å². The highest BCUT2D eigenvalue weighted by molar-refractivity contribution is 6.24. The van der Waals surface area contributed by atoms with Crippen molar-refractivity contribution in [3.63, 3.8) is 0 Å². The normalized spacial score (nSPS) is 18.1. The standard InChI is InChI=1S/C10H10O2/c1-3-5-8-7(4-2)9(11)6-10(8)12/h3-5H,2,6H2,1H3/b5-3-. The van der Waals surface area contributed by atoms with Crippen molar-refractivity contribution < 1.29 is 9.59 Å². The molecular formula is C10H10O2. The van der Waals surface area contributed by atoms with E-state index in [4.69, 9.17) is 0 Å². The second-order valence-electron chi connectivity index (χ2n) is 2.55. The maximum Gasteiger partial charge on any atom is 0.171 e. The molecule has 0 unspecified atom stereocenters. The van der Waals surface area contributed by atoms with Crippen LogP contribution in [0.3, 0.4) is 0 Å². The lowest BCUT2D eigenvalue weighted by Crippen LogP contribution is -1.95. The summed E-state index contributed by atoms with van der Waals surface area (Å²) in [5.74, 6) is -0.226. The zero-order chi connectivity index (χ0) is 9.14. The summed E-state index contributed by atoms with van der Waals surface area (Å²) in [6.07, 6.45) is 4.85. The summed E-state index contributed by atoms with van der Waals surface area (Å²) in [4.78, 5) is 22.3. The zero-order valence-electron chi connectivity index (χ0n) is 6.96.